The number of aliphatic hydroxyl groups is 2. The zero-order valence-electron chi connectivity index (χ0n) is 44.2. The summed E-state index contributed by atoms with van der Waals surface area (Å²) >= 11 is 0. The van der Waals surface area contributed by atoms with E-state index in [0.29, 0.717) is 32.3 Å². The van der Waals surface area contributed by atoms with Crippen LogP contribution in [0.25, 0.3) is 0 Å². The molecule has 0 aromatic rings. The highest BCUT2D eigenvalue weighted by Crippen LogP contribution is 2.17. The minimum Gasteiger partial charge on any atom is -0.466 e. The van der Waals surface area contributed by atoms with Crippen molar-refractivity contribution in [3.63, 3.8) is 0 Å². The third-order valence-corrected chi connectivity index (χ3v) is 13.4. The molecule has 0 rings (SSSR count). The van der Waals surface area contributed by atoms with Crippen LogP contribution in [0.15, 0.2) is 36.5 Å². The van der Waals surface area contributed by atoms with Gasteiger partial charge in [0.2, 0.25) is 5.91 Å². The minimum atomic E-state index is -0.700. The van der Waals surface area contributed by atoms with Crippen LogP contribution in [0.5, 0.6) is 0 Å². The number of hydrogen-bond acceptors (Lipinski definition) is 5. The Morgan fingerprint density at radius 1 is 0.424 bits per heavy atom. The molecule has 0 bridgehead atoms. The highest BCUT2D eigenvalue weighted by Gasteiger charge is 2.19. The van der Waals surface area contributed by atoms with Crippen molar-refractivity contribution in [2.75, 3.05) is 13.2 Å². The number of ether oxygens (including phenoxy) is 1. The Kier molecular flexibility index (Phi) is 54.1. The van der Waals surface area contributed by atoms with Gasteiger partial charge in [0, 0.05) is 12.8 Å². The van der Waals surface area contributed by atoms with Gasteiger partial charge in [0.15, 0.2) is 0 Å². The van der Waals surface area contributed by atoms with E-state index in [0.717, 1.165) is 51.4 Å². The summed E-state index contributed by atoms with van der Waals surface area (Å²) < 4.78 is 5.47. The normalized spacial score (nSPS) is 12.8. The Morgan fingerprint density at radius 3 is 1.20 bits per heavy atom. The molecule has 0 aromatic carbocycles. The number of amides is 1. The van der Waals surface area contributed by atoms with Gasteiger partial charge < -0.3 is 20.3 Å². The third kappa shape index (κ3) is 51.5. The zero-order chi connectivity index (χ0) is 47.9. The molecule has 0 spiro atoms. The van der Waals surface area contributed by atoms with Crippen LogP contribution < -0.4 is 5.32 Å². The first-order valence-electron chi connectivity index (χ1n) is 29.2. The monoisotopic (exact) mass is 928 g/mol. The van der Waals surface area contributed by atoms with E-state index >= 15 is 0 Å². The number of carbonyl (C=O) groups excluding carboxylic acids is 2. The predicted molar refractivity (Wildman–Crippen MR) is 287 cm³/mol. The highest BCUT2D eigenvalue weighted by molar-refractivity contribution is 5.76. The molecule has 0 fully saturated rings. The van der Waals surface area contributed by atoms with Gasteiger partial charge in [-0.1, -0.05) is 262 Å². The fourth-order valence-corrected chi connectivity index (χ4v) is 8.92. The lowest BCUT2D eigenvalue weighted by Crippen LogP contribution is -2.45. The third-order valence-electron chi connectivity index (χ3n) is 13.4. The highest BCUT2D eigenvalue weighted by atomic mass is 16.5. The Labute approximate surface area is 411 Å². The van der Waals surface area contributed by atoms with Crippen LogP contribution in [-0.2, 0) is 14.3 Å². The Morgan fingerprint density at radius 2 is 0.773 bits per heavy atom. The van der Waals surface area contributed by atoms with Crippen molar-refractivity contribution >= 4 is 11.9 Å². The molecule has 0 aliphatic carbocycles. The summed E-state index contributed by atoms with van der Waals surface area (Å²) in [5, 5.41) is 23.2. The lowest BCUT2D eigenvalue weighted by Gasteiger charge is -2.22. The first kappa shape index (κ1) is 64.1. The molecular formula is C60H113NO5. The van der Waals surface area contributed by atoms with Crippen molar-refractivity contribution < 1.29 is 24.5 Å². The van der Waals surface area contributed by atoms with E-state index in [-0.39, 0.29) is 18.5 Å². The van der Waals surface area contributed by atoms with E-state index in [1.165, 1.54) is 218 Å². The number of esters is 1. The second-order valence-electron chi connectivity index (χ2n) is 20.0. The summed E-state index contributed by atoms with van der Waals surface area (Å²) in [5.74, 6) is -0.134. The first-order chi connectivity index (χ1) is 32.5. The van der Waals surface area contributed by atoms with Gasteiger partial charge in [-0.2, -0.15) is 0 Å². The van der Waals surface area contributed by atoms with E-state index in [4.69, 9.17) is 4.74 Å². The number of allylic oxidation sites excluding steroid dienone is 6. The predicted octanol–water partition coefficient (Wildman–Crippen LogP) is 18.0. The molecule has 0 heterocycles. The molecule has 6 nitrogen and oxygen atoms in total. The molecule has 0 aliphatic heterocycles. The fourth-order valence-electron chi connectivity index (χ4n) is 8.92. The van der Waals surface area contributed by atoms with E-state index in [1.807, 2.05) is 6.08 Å². The van der Waals surface area contributed by atoms with Gasteiger partial charge in [0.25, 0.3) is 0 Å². The minimum absolute atomic E-state index is 0.0197. The maximum atomic E-state index is 12.4. The van der Waals surface area contributed by atoms with Crippen LogP contribution in [0.2, 0.25) is 0 Å². The van der Waals surface area contributed by atoms with Gasteiger partial charge in [-0.3, -0.25) is 9.59 Å². The summed E-state index contributed by atoms with van der Waals surface area (Å²) in [6, 6.07) is -0.586. The van der Waals surface area contributed by atoms with Crippen molar-refractivity contribution in [1.29, 1.82) is 0 Å². The maximum Gasteiger partial charge on any atom is 0.305 e. The number of unbranched alkanes of at least 4 members (excludes halogenated alkanes) is 37. The molecular weight excluding hydrogens is 815 g/mol. The average Bonchev–Trinajstić information content (AvgIpc) is 3.32. The fraction of sp³-hybridized carbons (Fsp3) is 0.867. The van der Waals surface area contributed by atoms with E-state index in [2.05, 4.69) is 49.5 Å². The molecule has 0 aromatic heterocycles. The van der Waals surface area contributed by atoms with Crippen LogP contribution in [0.3, 0.4) is 0 Å². The molecule has 3 N–H and O–H groups in total. The molecule has 0 aliphatic rings. The second kappa shape index (κ2) is 55.7. The van der Waals surface area contributed by atoms with Crippen molar-refractivity contribution in [2.24, 2.45) is 0 Å². The molecule has 388 valence electrons. The molecule has 66 heavy (non-hydrogen) atoms. The largest absolute Gasteiger partial charge is 0.466 e. The van der Waals surface area contributed by atoms with Gasteiger partial charge in [-0.05, 0) is 70.6 Å². The SMILES string of the molecule is CCCCCCCCC/C=C\CCCCCCCCCC(=O)OCCCCCCCC/C=C\C/C=C\CCC(=O)NC(CO)C(O)CCCCCCCCCCCCCCCCCCCC. The number of rotatable bonds is 54. The van der Waals surface area contributed by atoms with Gasteiger partial charge in [0.05, 0.1) is 25.4 Å². The van der Waals surface area contributed by atoms with E-state index < -0.39 is 12.1 Å². The summed E-state index contributed by atoms with van der Waals surface area (Å²) in [7, 11) is 0. The number of hydrogen-bond donors (Lipinski definition) is 3. The summed E-state index contributed by atoms with van der Waals surface area (Å²) in [6.45, 7) is 4.90. The van der Waals surface area contributed by atoms with E-state index in [9.17, 15) is 19.8 Å². The van der Waals surface area contributed by atoms with Crippen LogP contribution in [0.4, 0.5) is 0 Å². The van der Waals surface area contributed by atoms with Gasteiger partial charge in [-0.15, -0.1) is 0 Å². The molecule has 0 saturated heterocycles. The molecule has 2 atom stereocenters. The van der Waals surface area contributed by atoms with Crippen molar-refractivity contribution in [3.05, 3.63) is 36.5 Å². The van der Waals surface area contributed by atoms with Gasteiger partial charge in [-0.25, -0.2) is 0 Å². The van der Waals surface area contributed by atoms with Crippen molar-refractivity contribution in [2.45, 2.75) is 321 Å². The maximum absolute atomic E-state index is 12.4. The first-order valence-corrected chi connectivity index (χ1v) is 29.2. The Bertz CT molecular complexity index is 1070. The molecule has 2 unspecified atom stereocenters. The zero-order valence-corrected chi connectivity index (χ0v) is 44.2. The average molecular weight is 929 g/mol. The topological polar surface area (TPSA) is 95.9 Å². The smallest absolute Gasteiger partial charge is 0.305 e. The number of nitrogens with one attached hydrogen (secondary N) is 1. The number of aliphatic hydroxyl groups excluding tert-OH is 2. The van der Waals surface area contributed by atoms with Crippen LogP contribution in [0, 0.1) is 0 Å². The summed E-state index contributed by atoms with van der Waals surface area (Å²) in [6.07, 6.45) is 68.6. The lowest BCUT2D eigenvalue weighted by atomic mass is 10.0. The molecule has 0 saturated carbocycles. The standard InChI is InChI=1S/C60H113NO5/c1-3-5-7-9-11-13-15-17-19-21-23-25-28-32-36-40-44-48-52-58(63)57(56-62)61-59(64)53-49-45-41-37-33-29-27-31-35-39-43-47-51-55-66-60(65)54-50-46-42-38-34-30-26-24-22-20-18-16-14-12-10-8-6-4-2/h20,22,29,33,41,45,57-58,62-63H,3-19,21,23-28,30-32,34-40,42-44,46-56H2,1-2H3,(H,61,64)/b22-20-,33-29-,45-41-. The van der Waals surface area contributed by atoms with Crippen molar-refractivity contribution in [3.8, 4) is 0 Å². The summed E-state index contributed by atoms with van der Waals surface area (Å²) in [4.78, 5) is 24.5. The van der Waals surface area contributed by atoms with E-state index in [1.54, 1.807) is 0 Å². The Balaban J connectivity index is 3.53. The van der Waals surface area contributed by atoms with Crippen LogP contribution >= 0.6 is 0 Å². The Hall–Kier alpha value is -1.92. The second-order valence-corrected chi connectivity index (χ2v) is 20.0. The molecule has 6 heteroatoms. The van der Waals surface area contributed by atoms with Crippen LogP contribution in [-0.4, -0.2) is 47.4 Å². The summed E-state index contributed by atoms with van der Waals surface area (Å²) in [5.41, 5.74) is 0. The van der Waals surface area contributed by atoms with Gasteiger partial charge in [0.1, 0.15) is 0 Å². The van der Waals surface area contributed by atoms with Crippen LogP contribution in [0.1, 0.15) is 309 Å². The number of carbonyl (C=O) groups is 2. The lowest BCUT2D eigenvalue weighted by molar-refractivity contribution is -0.143. The molecule has 0 radical (unpaired) electrons. The molecule has 1 amide bonds. The van der Waals surface area contributed by atoms with Gasteiger partial charge >= 0.3 is 5.97 Å². The quantitative estimate of drug-likeness (QED) is 0.0321. The van der Waals surface area contributed by atoms with Crippen molar-refractivity contribution in [1.82, 2.24) is 5.32 Å².